The largest absolute Gasteiger partial charge is 0.476 e. The van der Waals surface area contributed by atoms with Crippen LogP contribution in [0.15, 0.2) is 6.07 Å². The summed E-state index contributed by atoms with van der Waals surface area (Å²) in [4.78, 5) is 10.6. The third-order valence-corrected chi connectivity index (χ3v) is 2.04. The number of nitrogens with zero attached hydrogens (tertiary/aromatic N) is 3. The van der Waals surface area contributed by atoms with E-state index in [0.29, 0.717) is 18.5 Å². The Hall–Kier alpha value is -1.36. The first kappa shape index (κ1) is 13.7. The molecule has 96 valence electrons. The lowest BCUT2D eigenvalue weighted by Crippen LogP contribution is -2.20. The summed E-state index contributed by atoms with van der Waals surface area (Å²) in [5.41, 5.74) is 0. The number of ether oxygens (including phenoxy) is 1. The van der Waals surface area contributed by atoms with Gasteiger partial charge in [-0.3, -0.25) is 0 Å². The van der Waals surface area contributed by atoms with E-state index in [2.05, 4.69) is 34.0 Å². The van der Waals surface area contributed by atoms with Crippen molar-refractivity contribution in [2.45, 2.75) is 26.8 Å². The molecule has 0 fully saturated rings. The summed E-state index contributed by atoms with van der Waals surface area (Å²) < 4.78 is 5.59. The van der Waals surface area contributed by atoms with Gasteiger partial charge in [0, 0.05) is 18.7 Å². The standard InChI is InChI=1S/C12H22N4O/c1-9(2)13-11-8-12(15-10(3)14-11)17-7-6-16(4)5/h8-9H,6-7H2,1-5H3,(H,13,14,15). The van der Waals surface area contributed by atoms with Gasteiger partial charge in [-0.1, -0.05) is 0 Å². The van der Waals surface area contributed by atoms with Gasteiger partial charge in [0.1, 0.15) is 18.2 Å². The first-order chi connectivity index (χ1) is 7.97. The fraction of sp³-hybridized carbons (Fsp3) is 0.667. The number of aromatic nitrogens is 2. The Morgan fingerprint density at radius 1 is 1.35 bits per heavy atom. The molecule has 0 bridgehead atoms. The first-order valence-electron chi connectivity index (χ1n) is 5.87. The van der Waals surface area contributed by atoms with Gasteiger partial charge >= 0.3 is 0 Å². The smallest absolute Gasteiger partial charge is 0.218 e. The second kappa shape index (κ2) is 6.39. The van der Waals surface area contributed by atoms with E-state index in [9.17, 15) is 0 Å². The lowest BCUT2D eigenvalue weighted by atomic mass is 10.4. The van der Waals surface area contributed by atoms with Crippen molar-refractivity contribution in [3.05, 3.63) is 11.9 Å². The fourth-order valence-corrected chi connectivity index (χ4v) is 1.32. The van der Waals surface area contributed by atoms with Crippen LogP contribution in [0.3, 0.4) is 0 Å². The molecule has 1 N–H and O–H groups in total. The van der Waals surface area contributed by atoms with E-state index in [-0.39, 0.29) is 0 Å². The van der Waals surface area contributed by atoms with E-state index in [0.717, 1.165) is 18.2 Å². The minimum absolute atomic E-state index is 0.346. The average Bonchev–Trinajstić information content (AvgIpc) is 2.14. The quantitative estimate of drug-likeness (QED) is 0.815. The summed E-state index contributed by atoms with van der Waals surface area (Å²) in [7, 11) is 4.03. The summed E-state index contributed by atoms with van der Waals surface area (Å²) in [6.07, 6.45) is 0. The Morgan fingerprint density at radius 3 is 2.65 bits per heavy atom. The molecule has 0 aliphatic rings. The third-order valence-electron chi connectivity index (χ3n) is 2.04. The van der Waals surface area contributed by atoms with Crippen molar-refractivity contribution in [1.82, 2.24) is 14.9 Å². The molecule has 1 heterocycles. The molecule has 0 atom stereocenters. The molecule has 1 aromatic heterocycles. The molecular formula is C12H22N4O. The van der Waals surface area contributed by atoms with Gasteiger partial charge in [-0.25, -0.2) is 4.98 Å². The maximum Gasteiger partial charge on any atom is 0.218 e. The molecule has 0 aliphatic carbocycles. The normalized spacial score (nSPS) is 11.0. The molecule has 1 aromatic rings. The second-order valence-corrected chi connectivity index (χ2v) is 4.59. The van der Waals surface area contributed by atoms with Crippen molar-refractivity contribution >= 4 is 5.82 Å². The predicted octanol–water partition coefficient (Wildman–Crippen LogP) is 1.55. The Labute approximate surface area is 103 Å². The first-order valence-corrected chi connectivity index (χ1v) is 5.87. The molecule has 5 heteroatoms. The van der Waals surface area contributed by atoms with Gasteiger partial charge in [0.05, 0.1) is 0 Å². The van der Waals surface area contributed by atoms with Crippen LogP contribution in [-0.4, -0.2) is 48.2 Å². The van der Waals surface area contributed by atoms with Crippen LogP contribution in [0.1, 0.15) is 19.7 Å². The van der Waals surface area contributed by atoms with Gasteiger partial charge in [0.15, 0.2) is 0 Å². The lowest BCUT2D eigenvalue weighted by Gasteiger charge is -2.13. The van der Waals surface area contributed by atoms with E-state index in [1.807, 2.05) is 27.1 Å². The van der Waals surface area contributed by atoms with Crippen LogP contribution in [0.4, 0.5) is 5.82 Å². The molecule has 5 nitrogen and oxygen atoms in total. The molecule has 0 radical (unpaired) electrons. The van der Waals surface area contributed by atoms with Gasteiger partial charge < -0.3 is 15.0 Å². The summed E-state index contributed by atoms with van der Waals surface area (Å²) in [6.45, 7) is 7.51. The highest BCUT2D eigenvalue weighted by molar-refractivity contribution is 5.38. The summed E-state index contributed by atoms with van der Waals surface area (Å²) >= 11 is 0. The van der Waals surface area contributed by atoms with Crippen LogP contribution in [0.2, 0.25) is 0 Å². The monoisotopic (exact) mass is 238 g/mol. The van der Waals surface area contributed by atoms with Crippen molar-refractivity contribution in [3.8, 4) is 5.88 Å². The van der Waals surface area contributed by atoms with Gasteiger partial charge in [-0.05, 0) is 34.9 Å². The summed E-state index contributed by atoms with van der Waals surface area (Å²) in [6, 6.07) is 2.18. The van der Waals surface area contributed by atoms with Crippen LogP contribution in [0.5, 0.6) is 5.88 Å². The van der Waals surface area contributed by atoms with E-state index < -0.39 is 0 Å². The number of rotatable bonds is 6. The number of anilines is 1. The van der Waals surface area contributed by atoms with Crippen molar-refractivity contribution in [2.75, 3.05) is 32.6 Å². The zero-order valence-electron chi connectivity index (χ0n) is 11.3. The predicted molar refractivity (Wildman–Crippen MR) is 69.6 cm³/mol. The highest BCUT2D eigenvalue weighted by atomic mass is 16.5. The molecule has 0 saturated heterocycles. The van der Waals surface area contributed by atoms with Crippen molar-refractivity contribution in [3.63, 3.8) is 0 Å². The highest BCUT2D eigenvalue weighted by Crippen LogP contribution is 2.13. The number of nitrogens with one attached hydrogen (secondary N) is 1. The van der Waals surface area contributed by atoms with E-state index >= 15 is 0 Å². The maximum absolute atomic E-state index is 5.59. The van der Waals surface area contributed by atoms with Gasteiger partial charge in [0.25, 0.3) is 0 Å². The Balaban J connectivity index is 2.62. The number of likely N-dealkylation sites (N-methyl/N-ethyl adjacent to an activating group) is 1. The van der Waals surface area contributed by atoms with E-state index in [4.69, 9.17) is 4.74 Å². The maximum atomic E-state index is 5.59. The molecule has 0 spiro atoms. The van der Waals surface area contributed by atoms with Gasteiger partial charge in [-0.2, -0.15) is 4.98 Å². The number of hydrogen-bond donors (Lipinski definition) is 1. The highest BCUT2D eigenvalue weighted by Gasteiger charge is 2.04. The van der Waals surface area contributed by atoms with Crippen molar-refractivity contribution < 1.29 is 4.74 Å². The van der Waals surface area contributed by atoms with Crippen LogP contribution in [0, 0.1) is 6.92 Å². The molecule has 0 aliphatic heterocycles. The minimum Gasteiger partial charge on any atom is -0.476 e. The Bertz CT molecular complexity index is 352. The molecular weight excluding hydrogens is 216 g/mol. The molecule has 0 aromatic carbocycles. The minimum atomic E-state index is 0.346. The number of aryl methyl sites for hydroxylation is 1. The Kier molecular flexibility index (Phi) is 5.15. The summed E-state index contributed by atoms with van der Waals surface area (Å²) in [5, 5.41) is 3.24. The van der Waals surface area contributed by atoms with Gasteiger partial charge in [-0.15, -0.1) is 0 Å². The van der Waals surface area contributed by atoms with Gasteiger partial charge in [0.2, 0.25) is 5.88 Å². The molecule has 1 rings (SSSR count). The molecule has 0 unspecified atom stereocenters. The van der Waals surface area contributed by atoms with E-state index in [1.54, 1.807) is 0 Å². The molecule has 0 saturated carbocycles. The zero-order chi connectivity index (χ0) is 12.8. The third kappa shape index (κ3) is 5.49. The molecule has 0 amide bonds. The number of hydrogen-bond acceptors (Lipinski definition) is 5. The zero-order valence-corrected chi connectivity index (χ0v) is 11.3. The van der Waals surface area contributed by atoms with Crippen molar-refractivity contribution in [2.24, 2.45) is 0 Å². The average molecular weight is 238 g/mol. The second-order valence-electron chi connectivity index (χ2n) is 4.59. The van der Waals surface area contributed by atoms with Crippen LogP contribution in [-0.2, 0) is 0 Å². The van der Waals surface area contributed by atoms with Crippen LogP contribution >= 0.6 is 0 Å². The van der Waals surface area contributed by atoms with Crippen molar-refractivity contribution in [1.29, 1.82) is 0 Å². The Morgan fingerprint density at radius 2 is 2.06 bits per heavy atom. The van der Waals surface area contributed by atoms with Crippen LogP contribution in [0.25, 0.3) is 0 Å². The molecule has 17 heavy (non-hydrogen) atoms. The summed E-state index contributed by atoms with van der Waals surface area (Å²) in [5.74, 6) is 2.16. The van der Waals surface area contributed by atoms with E-state index in [1.165, 1.54) is 0 Å². The SMILES string of the molecule is Cc1nc(NC(C)C)cc(OCCN(C)C)n1. The topological polar surface area (TPSA) is 50.3 Å². The lowest BCUT2D eigenvalue weighted by molar-refractivity contribution is 0.253. The van der Waals surface area contributed by atoms with Crippen LogP contribution < -0.4 is 10.1 Å². The fourth-order valence-electron chi connectivity index (χ4n) is 1.32.